The smallest absolute Gasteiger partial charge is 0.312 e. The van der Waals surface area contributed by atoms with E-state index in [4.69, 9.17) is 39.2 Å². The van der Waals surface area contributed by atoms with Crippen molar-refractivity contribution in [3.8, 4) is 0 Å². The summed E-state index contributed by atoms with van der Waals surface area (Å²) in [6.45, 7) is 22.2. The highest BCUT2D eigenvalue weighted by Gasteiger charge is 2.23. The number of nitrogens with zero attached hydrogens (tertiary/aromatic N) is 4. The summed E-state index contributed by atoms with van der Waals surface area (Å²) in [5.41, 5.74) is 8.19. The van der Waals surface area contributed by atoms with Gasteiger partial charge in [0.05, 0.1) is 64.7 Å². The monoisotopic (exact) mass is 1080 g/mol. The molecule has 0 fully saturated rings. The molecule has 18 nitrogen and oxygen atoms in total. The third-order valence-corrected chi connectivity index (χ3v) is 11.4. The third-order valence-electron chi connectivity index (χ3n) is 11.4. The highest BCUT2D eigenvalue weighted by molar-refractivity contribution is 6.00. The maximum absolute atomic E-state index is 13.1. The maximum Gasteiger partial charge on any atom is 0.312 e. The first-order chi connectivity index (χ1) is 36.6. The van der Waals surface area contributed by atoms with Crippen molar-refractivity contribution in [2.45, 2.75) is 171 Å². The minimum atomic E-state index is -1.11. The number of carbonyl (C=O) groups excluding carboxylic acids is 6. The van der Waals surface area contributed by atoms with Crippen LogP contribution in [0.5, 0.6) is 0 Å². The molecule has 0 spiro atoms. The first kappa shape index (κ1) is 64.8. The van der Waals surface area contributed by atoms with E-state index in [1.165, 1.54) is 25.0 Å². The molecule has 2 N–H and O–H groups in total. The molecule has 3 aromatic rings. The first-order valence-corrected chi connectivity index (χ1v) is 26.0. The predicted octanol–water partition coefficient (Wildman–Crippen LogP) is 9.94. The van der Waals surface area contributed by atoms with Gasteiger partial charge in [-0.05, 0) is 85.8 Å². The number of hydrogen-bond donors (Lipinski definition) is 2. The number of hydrogen-bond acceptors (Lipinski definition) is 18. The molecule has 78 heavy (non-hydrogen) atoms. The lowest BCUT2D eigenvalue weighted by atomic mass is 9.86. The number of nitrogens with one attached hydrogen (secondary N) is 2. The SMILES string of the molecule is CC(=N)CC(=O)OCC(COC(=O)CC(C)=NCc1cccc(C(C)(C)C)c1)OC(=O)CC(C)=NCc1cccc(CN=C(C)CC(=O)OC(COC(=O)CC(C)=N)COC(=O)CC(C)=NCc2cccc(C(C)(C)C)c2)c1. The quantitative estimate of drug-likeness (QED) is 0.0359. The molecule has 0 aliphatic carbocycles. The van der Waals surface area contributed by atoms with Crippen LogP contribution in [-0.2, 0) is 94.2 Å². The molecular weight excluding hydrogens is 997 g/mol. The van der Waals surface area contributed by atoms with Crippen LogP contribution in [0.4, 0.5) is 0 Å². The van der Waals surface area contributed by atoms with Crippen molar-refractivity contribution in [3.05, 3.63) is 106 Å². The van der Waals surface area contributed by atoms with Crippen LogP contribution in [0.1, 0.15) is 155 Å². The molecule has 3 rings (SSSR count). The van der Waals surface area contributed by atoms with Gasteiger partial charge in [-0.1, -0.05) is 114 Å². The Morgan fingerprint density at radius 1 is 0.397 bits per heavy atom. The number of benzene rings is 3. The van der Waals surface area contributed by atoms with Crippen LogP contribution in [0.2, 0.25) is 0 Å². The summed E-state index contributed by atoms with van der Waals surface area (Å²) in [5.74, 6) is -3.93. The van der Waals surface area contributed by atoms with Crippen LogP contribution in [0.25, 0.3) is 0 Å². The average Bonchev–Trinajstić information content (AvgIpc) is 3.35. The van der Waals surface area contributed by atoms with Crippen LogP contribution in [0.15, 0.2) is 92.8 Å². The Morgan fingerprint density at radius 3 is 0.936 bits per heavy atom. The molecule has 0 amide bonds. The van der Waals surface area contributed by atoms with Crippen molar-refractivity contribution >= 4 is 70.1 Å². The van der Waals surface area contributed by atoms with E-state index in [2.05, 4.69) is 85.8 Å². The molecule has 0 radical (unpaired) electrons. The van der Waals surface area contributed by atoms with E-state index in [1.807, 2.05) is 48.5 Å². The van der Waals surface area contributed by atoms with Gasteiger partial charge < -0.3 is 39.2 Å². The number of esters is 6. The second-order valence-electron chi connectivity index (χ2n) is 21.5. The molecule has 2 atom stereocenters. The Hall–Kier alpha value is -7.50. The van der Waals surface area contributed by atoms with Gasteiger partial charge in [-0.3, -0.25) is 48.7 Å². The van der Waals surface area contributed by atoms with Gasteiger partial charge in [-0.2, -0.15) is 0 Å². The van der Waals surface area contributed by atoms with Crippen LogP contribution in [-0.4, -0.2) is 109 Å². The van der Waals surface area contributed by atoms with Gasteiger partial charge >= 0.3 is 35.8 Å². The molecular formula is C60H80N6O12. The normalized spacial score (nSPS) is 13.2. The van der Waals surface area contributed by atoms with Gasteiger partial charge in [0.1, 0.15) is 26.4 Å². The van der Waals surface area contributed by atoms with E-state index in [-0.39, 0.29) is 100 Å². The first-order valence-electron chi connectivity index (χ1n) is 26.0. The summed E-state index contributed by atoms with van der Waals surface area (Å²) in [4.78, 5) is 94.5. The van der Waals surface area contributed by atoms with Crippen molar-refractivity contribution in [2.75, 3.05) is 26.4 Å². The zero-order chi connectivity index (χ0) is 58.0. The number of carbonyl (C=O) groups is 6. The van der Waals surface area contributed by atoms with Crippen molar-refractivity contribution in [2.24, 2.45) is 20.0 Å². The van der Waals surface area contributed by atoms with Gasteiger partial charge in [0, 0.05) is 34.3 Å². The van der Waals surface area contributed by atoms with Gasteiger partial charge in [-0.25, -0.2) is 0 Å². The van der Waals surface area contributed by atoms with E-state index in [0.29, 0.717) is 35.9 Å². The lowest BCUT2D eigenvalue weighted by molar-refractivity contribution is -0.165. The predicted molar refractivity (Wildman–Crippen MR) is 302 cm³/mol. The number of rotatable bonds is 30. The van der Waals surface area contributed by atoms with E-state index < -0.39 is 48.0 Å². The van der Waals surface area contributed by atoms with Crippen LogP contribution in [0.3, 0.4) is 0 Å². The van der Waals surface area contributed by atoms with Gasteiger partial charge in [-0.15, -0.1) is 0 Å². The number of aliphatic imine (C=N–C) groups is 4. The molecule has 422 valence electrons. The summed E-state index contributed by atoms with van der Waals surface area (Å²) in [5, 5.41) is 15.2. The summed E-state index contributed by atoms with van der Waals surface area (Å²) in [6.07, 6.45) is -3.30. The largest absolute Gasteiger partial charge is 0.461 e. The fraction of sp³-hybridized carbons (Fsp3) is 0.500. The van der Waals surface area contributed by atoms with Crippen LogP contribution in [0, 0.1) is 10.8 Å². The zero-order valence-electron chi connectivity index (χ0n) is 47.7. The zero-order valence-corrected chi connectivity index (χ0v) is 47.7. The topological polar surface area (TPSA) is 255 Å². The molecule has 3 aromatic carbocycles. The molecule has 18 heteroatoms. The Kier molecular flexibility index (Phi) is 26.8. The van der Waals surface area contributed by atoms with E-state index >= 15 is 0 Å². The second kappa shape index (κ2) is 32.3. The third kappa shape index (κ3) is 27.5. The van der Waals surface area contributed by atoms with Gasteiger partial charge in [0.15, 0.2) is 12.2 Å². The van der Waals surface area contributed by atoms with Crippen molar-refractivity contribution < 1.29 is 57.2 Å². The fourth-order valence-corrected chi connectivity index (χ4v) is 7.13. The minimum absolute atomic E-state index is 0.0198. The lowest BCUT2D eigenvalue weighted by Gasteiger charge is -2.19. The molecule has 0 bridgehead atoms. The van der Waals surface area contributed by atoms with Gasteiger partial charge in [0.25, 0.3) is 0 Å². The summed E-state index contributed by atoms with van der Waals surface area (Å²) in [6, 6.07) is 23.7. The molecule has 0 heterocycles. The van der Waals surface area contributed by atoms with E-state index in [0.717, 1.165) is 22.3 Å². The Bertz CT molecular complexity index is 2530. The average molecular weight is 1080 g/mol. The number of ether oxygens (including phenoxy) is 6. The Morgan fingerprint density at radius 2 is 0.654 bits per heavy atom. The molecule has 0 saturated heterocycles. The summed E-state index contributed by atoms with van der Waals surface area (Å²) >= 11 is 0. The Balaban J connectivity index is 1.55. The minimum Gasteiger partial charge on any atom is -0.461 e. The van der Waals surface area contributed by atoms with Crippen LogP contribution < -0.4 is 0 Å². The van der Waals surface area contributed by atoms with Crippen molar-refractivity contribution in [1.29, 1.82) is 10.8 Å². The van der Waals surface area contributed by atoms with Gasteiger partial charge in [0.2, 0.25) is 0 Å². The summed E-state index contributed by atoms with van der Waals surface area (Å²) in [7, 11) is 0. The standard InChI is InChI=1S/C60H80N6O12/c1-39(61)22-53(67)73-35-51(37-75-55(69)24-41(3)65-33-47-18-14-20-49(29-47)59(7,8)9)77-57(71)26-43(5)63-31-45-16-13-17-46(28-45)32-64-44(6)27-58(72)78-52(36-74-54(68)23-40(2)62)38-76-56(70)25-42(4)66-34-48-19-15-21-50(30-48)60(10,11)12/h13-21,28-30,51-52,61-62H,22-27,31-38H2,1-12H3. The van der Waals surface area contributed by atoms with Crippen molar-refractivity contribution in [3.63, 3.8) is 0 Å². The fourth-order valence-electron chi connectivity index (χ4n) is 7.13. The summed E-state index contributed by atoms with van der Waals surface area (Å²) < 4.78 is 32.5. The second-order valence-corrected chi connectivity index (χ2v) is 21.5. The van der Waals surface area contributed by atoms with Crippen LogP contribution >= 0.6 is 0 Å². The molecule has 2 unspecified atom stereocenters. The van der Waals surface area contributed by atoms with E-state index in [1.54, 1.807) is 27.7 Å². The highest BCUT2D eigenvalue weighted by atomic mass is 16.6. The lowest BCUT2D eigenvalue weighted by Crippen LogP contribution is -2.31. The molecule has 0 aliphatic rings. The maximum atomic E-state index is 13.1. The Labute approximate surface area is 459 Å². The molecule has 0 aromatic heterocycles. The molecule has 0 saturated carbocycles. The van der Waals surface area contributed by atoms with Crippen molar-refractivity contribution in [1.82, 2.24) is 0 Å². The highest BCUT2D eigenvalue weighted by Crippen LogP contribution is 2.24. The van der Waals surface area contributed by atoms with E-state index in [9.17, 15) is 28.8 Å². The molecule has 0 aliphatic heterocycles.